The summed E-state index contributed by atoms with van der Waals surface area (Å²) in [5.74, 6) is 1.17. The molecular weight excluding hydrogens is 320 g/mol. The quantitative estimate of drug-likeness (QED) is 0.677. The van der Waals surface area contributed by atoms with E-state index in [0.717, 1.165) is 5.69 Å². The standard InChI is InChI=1S/C15H10N2O3S2/c18-14-13(6-9-2-1-5-16-9)22-15(21)17(14)10-3-4-11-12(7-10)20-8-19-11/h1-7,16H,8H2/b13-6+. The summed E-state index contributed by atoms with van der Waals surface area (Å²) in [6.45, 7) is 0.198. The van der Waals surface area contributed by atoms with Crippen LogP contribution in [0.25, 0.3) is 6.08 Å². The van der Waals surface area contributed by atoms with Gasteiger partial charge < -0.3 is 14.5 Å². The van der Waals surface area contributed by atoms with E-state index in [-0.39, 0.29) is 12.7 Å². The number of hydrogen-bond acceptors (Lipinski definition) is 5. The Hall–Kier alpha value is -2.25. The van der Waals surface area contributed by atoms with E-state index in [4.69, 9.17) is 21.7 Å². The zero-order valence-electron chi connectivity index (χ0n) is 11.2. The lowest BCUT2D eigenvalue weighted by molar-refractivity contribution is -0.113. The van der Waals surface area contributed by atoms with Gasteiger partial charge in [-0.25, -0.2) is 0 Å². The second-order valence-electron chi connectivity index (χ2n) is 4.68. The number of aromatic nitrogens is 1. The van der Waals surface area contributed by atoms with Gasteiger partial charge in [-0.1, -0.05) is 24.0 Å². The molecule has 5 nitrogen and oxygen atoms in total. The molecule has 2 aromatic rings. The fourth-order valence-electron chi connectivity index (χ4n) is 2.29. The molecule has 1 aromatic carbocycles. The number of thiocarbonyl (C=S) groups is 1. The lowest BCUT2D eigenvalue weighted by Gasteiger charge is -2.14. The number of nitrogens with zero attached hydrogens (tertiary/aromatic N) is 1. The first kappa shape index (κ1) is 13.4. The van der Waals surface area contributed by atoms with Crippen LogP contribution in [0.15, 0.2) is 41.4 Å². The fraction of sp³-hybridized carbons (Fsp3) is 0.0667. The van der Waals surface area contributed by atoms with E-state index < -0.39 is 0 Å². The van der Waals surface area contributed by atoms with Crippen molar-refractivity contribution in [2.75, 3.05) is 11.7 Å². The van der Waals surface area contributed by atoms with Gasteiger partial charge in [-0.3, -0.25) is 9.69 Å². The Morgan fingerprint density at radius 3 is 2.95 bits per heavy atom. The molecule has 2 aliphatic rings. The summed E-state index contributed by atoms with van der Waals surface area (Å²) in [4.78, 5) is 17.8. The van der Waals surface area contributed by atoms with Crippen molar-refractivity contribution in [3.63, 3.8) is 0 Å². The van der Waals surface area contributed by atoms with Crippen molar-refractivity contribution in [2.24, 2.45) is 0 Å². The normalized spacial score (nSPS) is 18.5. The maximum Gasteiger partial charge on any atom is 0.270 e. The second kappa shape index (κ2) is 5.19. The molecule has 0 unspecified atom stereocenters. The molecule has 0 spiro atoms. The van der Waals surface area contributed by atoms with E-state index in [2.05, 4.69) is 4.98 Å². The molecule has 0 bridgehead atoms. The highest BCUT2D eigenvalue weighted by atomic mass is 32.2. The Labute approximate surface area is 135 Å². The predicted molar refractivity (Wildman–Crippen MR) is 89.0 cm³/mol. The summed E-state index contributed by atoms with van der Waals surface area (Å²) in [6.07, 6.45) is 3.61. The van der Waals surface area contributed by atoms with Gasteiger partial charge in [0, 0.05) is 18.0 Å². The molecule has 110 valence electrons. The third kappa shape index (κ3) is 2.18. The van der Waals surface area contributed by atoms with Crippen LogP contribution in [0.3, 0.4) is 0 Å². The number of fused-ring (bicyclic) bond motifs is 1. The van der Waals surface area contributed by atoms with Crippen LogP contribution in [0, 0.1) is 0 Å². The Bertz CT molecular complexity index is 799. The number of thioether (sulfide) groups is 1. The Morgan fingerprint density at radius 1 is 1.27 bits per heavy atom. The molecule has 22 heavy (non-hydrogen) atoms. The lowest BCUT2D eigenvalue weighted by atomic mass is 10.2. The minimum absolute atomic E-state index is 0.136. The molecule has 1 saturated heterocycles. The van der Waals surface area contributed by atoms with Gasteiger partial charge in [-0.05, 0) is 30.3 Å². The molecule has 3 heterocycles. The molecule has 4 rings (SSSR count). The molecule has 0 aliphatic carbocycles. The maximum absolute atomic E-state index is 12.6. The Kier molecular flexibility index (Phi) is 3.16. The van der Waals surface area contributed by atoms with Crippen molar-refractivity contribution in [2.45, 2.75) is 0 Å². The molecule has 7 heteroatoms. The highest BCUT2D eigenvalue weighted by Gasteiger charge is 2.34. The summed E-state index contributed by atoms with van der Waals surface area (Å²) in [5.41, 5.74) is 1.55. The first-order valence-electron chi connectivity index (χ1n) is 6.53. The average Bonchev–Trinajstić information content (AvgIpc) is 3.21. The average molecular weight is 330 g/mol. The van der Waals surface area contributed by atoms with E-state index in [1.807, 2.05) is 18.3 Å². The molecule has 0 radical (unpaired) electrons. The topological polar surface area (TPSA) is 54.6 Å². The van der Waals surface area contributed by atoms with Gasteiger partial charge in [0.15, 0.2) is 15.8 Å². The Balaban J connectivity index is 1.68. The minimum Gasteiger partial charge on any atom is -0.454 e. The fourth-order valence-corrected chi connectivity index (χ4v) is 3.58. The van der Waals surface area contributed by atoms with E-state index in [0.29, 0.717) is 26.4 Å². The van der Waals surface area contributed by atoms with Crippen LogP contribution < -0.4 is 14.4 Å². The zero-order chi connectivity index (χ0) is 15.1. The number of benzene rings is 1. The van der Waals surface area contributed by atoms with Crippen molar-refractivity contribution in [1.82, 2.24) is 4.98 Å². The van der Waals surface area contributed by atoms with Gasteiger partial charge in [-0.2, -0.15) is 0 Å². The van der Waals surface area contributed by atoms with Crippen LogP contribution in [0.2, 0.25) is 0 Å². The highest BCUT2D eigenvalue weighted by Crippen LogP contribution is 2.40. The molecule has 1 aromatic heterocycles. The smallest absolute Gasteiger partial charge is 0.270 e. The number of ether oxygens (including phenoxy) is 2. The SMILES string of the molecule is O=C1/C(=C\c2ccc[nH]2)SC(=S)N1c1ccc2c(c1)OCO2. The highest BCUT2D eigenvalue weighted by molar-refractivity contribution is 8.27. The van der Waals surface area contributed by atoms with Crippen molar-refractivity contribution in [3.05, 3.63) is 47.1 Å². The van der Waals surface area contributed by atoms with Gasteiger partial charge in [0.25, 0.3) is 5.91 Å². The molecule has 2 aliphatic heterocycles. The van der Waals surface area contributed by atoms with Gasteiger partial charge in [0.2, 0.25) is 6.79 Å². The number of rotatable bonds is 2. The number of carbonyl (C=O) groups excluding carboxylic acids is 1. The number of nitrogens with one attached hydrogen (secondary N) is 1. The molecule has 0 atom stereocenters. The maximum atomic E-state index is 12.6. The van der Waals surface area contributed by atoms with Crippen molar-refractivity contribution >= 4 is 46.0 Å². The molecule has 0 saturated carbocycles. The van der Waals surface area contributed by atoms with E-state index in [1.165, 1.54) is 16.7 Å². The van der Waals surface area contributed by atoms with Gasteiger partial charge in [0.1, 0.15) is 0 Å². The minimum atomic E-state index is -0.136. The third-order valence-electron chi connectivity index (χ3n) is 3.32. The number of hydrogen-bond donors (Lipinski definition) is 1. The van der Waals surface area contributed by atoms with Crippen LogP contribution in [0.1, 0.15) is 5.69 Å². The number of H-pyrrole nitrogens is 1. The predicted octanol–water partition coefficient (Wildman–Crippen LogP) is 3.15. The zero-order valence-corrected chi connectivity index (χ0v) is 12.9. The molecule has 1 amide bonds. The first-order valence-corrected chi connectivity index (χ1v) is 7.76. The van der Waals surface area contributed by atoms with Crippen LogP contribution in [-0.2, 0) is 4.79 Å². The second-order valence-corrected chi connectivity index (χ2v) is 6.36. The number of amides is 1. The lowest BCUT2D eigenvalue weighted by Crippen LogP contribution is -2.27. The molecule has 1 N–H and O–H groups in total. The van der Waals surface area contributed by atoms with Crippen molar-refractivity contribution in [3.8, 4) is 11.5 Å². The van der Waals surface area contributed by atoms with Crippen LogP contribution >= 0.6 is 24.0 Å². The summed E-state index contributed by atoms with van der Waals surface area (Å²) in [6, 6.07) is 9.13. The Morgan fingerprint density at radius 2 is 2.14 bits per heavy atom. The van der Waals surface area contributed by atoms with Crippen molar-refractivity contribution in [1.29, 1.82) is 0 Å². The van der Waals surface area contributed by atoms with Crippen LogP contribution in [0.5, 0.6) is 11.5 Å². The molecular formula is C15H10N2O3S2. The summed E-state index contributed by atoms with van der Waals surface area (Å²) >= 11 is 6.63. The van der Waals surface area contributed by atoms with Crippen molar-refractivity contribution < 1.29 is 14.3 Å². The van der Waals surface area contributed by atoms with E-state index in [1.54, 1.807) is 24.3 Å². The summed E-state index contributed by atoms with van der Waals surface area (Å²) in [5, 5.41) is 0. The number of aromatic amines is 1. The number of anilines is 1. The largest absolute Gasteiger partial charge is 0.454 e. The van der Waals surface area contributed by atoms with Gasteiger partial charge >= 0.3 is 0 Å². The van der Waals surface area contributed by atoms with Gasteiger partial charge in [0.05, 0.1) is 10.6 Å². The monoisotopic (exact) mass is 330 g/mol. The summed E-state index contributed by atoms with van der Waals surface area (Å²) < 4.78 is 11.1. The number of carbonyl (C=O) groups is 1. The van der Waals surface area contributed by atoms with Crippen LogP contribution in [-0.4, -0.2) is 22.0 Å². The summed E-state index contributed by atoms with van der Waals surface area (Å²) in [7, 11) is 0. The van der Waals surface area contributed by atoms with E-state index in [9.17, 15) is 4.79 Å². The molecule has 1 fully saturated rings. The van der Waals surface area contributed by atoms with Crippen LogP contribution in [0.4, 0.5) is 5.69 Å². The first-order chi connectivity index (χ1) is 10.7. The van der Waals surface area contributed by atoms with E-state index >= 15 is 0 Å². The van der Waals surface area contributed by atoms with Gasteiger partial charge in [-0.15, -0.1) is 0 Å². The third-order valence-corrected chi connectivity index (χ3v) is 4.62.